The summed E-state index contributed by atoms with van der Waals surface area (Å²) in [7, 11) is 3.05. The van der Waals surface area contributed by atoms with Crippen LogP contribution in [0.5, 0.6) is 11.5 Å². The quantitative estimate of drug-likeness (QED) is 0.125. The van der Waals surface area contributed by atoms with Gasteiger partial charge in [-0.05, 0) is 49.1 Å². The number of Topliss-reactive ketones (excluding diaryl/α,β-unsaturated/α-hetero) is 1. The Morgan fingerprint density at radius 3 is 2.34 bits per heavy atom. The van der Waals surface area contributed by atoms with Gasteiger partial charge < -0.3 is 34.9 Å². The summed E-state index contributed by atoms with van der Waals surface area (Å²) in [4.78, 5) is 64.5. The van der Waals surface area contributed by atoms with Crippen LogP contribution in [0.1, 0.15) is 56.6 Å². The van der Waals surface area contributed by atoms with E-state index >= 15 is 0 Å². The molecule has 2 aromatic carbocycles. The van der Waals surface area contributed by atoms with Gasteiger partial charge in [-0.25, -0.2) is 0 Å². The van der Waals surface area contributed by atoms with Gasteiger partial charge in [0.25, 0.3) is 5.91 Å². The van der Waals surface area contributed by atoms with E-state index in [1.54, 1.807) is 31.2 Å². The van der Waals surface area contributed by atoms with Crippen LogP contribution in [-0.2, 0) is 40.1 Å². The van der Waals surface area contributed by atoms with Gasteiger partial charge in [-0.3, -0.25) is 24.0 Å². The lowest BCUT2D eigenvalue weighted by molar-refractivity contribution is -0.146. The topological polar surface area (TPSA) is 158 Å². The molecule has 0 saturated heterocycles. The molecule has 3 amide bonds. The molecule has 0 aliphatic heterocycles. The lowest BCUT2D eigenvalue weighted by Gasteiger charge is -2.27. The molecule has 12 nitrogen and oxygen atoms in total. The van der Waals surface area contributed by atoms with Crippen LogP contribution in [0, 0.1) is 5.92 Å². The summed E-state index contributed by atoms with van der Waals surface area (Å²) in [5.74, 6) is -2.63. The van der Waals surface area contributed by atoms with Crippen molar-refractivity contribution in [2.45, 2.75) is 64.1 Å². The summed E-state index contributed by atoms with van der Waals surface area (Å²) in [6.45, 7) is 1.05. The fourth-order valence-corrected chi connectivity index (χ4v) is 5.28. The molecular formula is C35H45N3O9. The molecule has 1 unspecified atom stereocenters. The number of esters is 1. The molecule has 0 bridgehead atoms. The Bertz CT molecular complexity index is 1370. The predicted octanol–water partition coefficient (Wildman–Crippen LogP) is 3.12. The molecule has 1 aliphatic rings. The minimum Gasteiger partial charge on any atom is -0.497 e. The lowest BCUT2D eigenvalue weighted by atomic mass is 9.84. The number of ether oxygens (including phenoxy) is 4. The summed E-state index contributed by atoms with van der Waals surface area (Å²) in [5.41, 5.74) is 1.43. The third-order valence-electron chi connectivity index (χ3n) is 7.73. The average Bonchev–Trinajstić information content (AvgIpc) is 3.09. The van der Waals surface area contributed by atoms with Crippen molar-refractivity contribution in [2.75, 3.05) is 34.0 Å². The van der Waals surface area contributed by atoms with Crippen molar-refractivity contribution in [3.05, 3.63) is 65.7 Å². The standard InChI is InChI=1S/C35H45N3O9/c1-4-47-32(40)21-36-35(43)33(41)29(23-46-22-25-13-9-6-10-14-25)38-34(42)28(19-24-11-7-5-8-12-24)37-31(39)18-15-26-20-27(44-2)16-17-30(26)45-3/h6,9-10,13-18,20,24,28-29H,4-5,7-8,11-12,19,21-23H2,1-3H3,(H,36,43)(H,37,39)(H,38,42)/b18-15+/t28-,29?/m0/s1. The molecule has 0 radical (unpaired) electrons. The number of rotatable bonds is 18. The maximum absolute atomic E-state index is 13.7. The van der Waals surface area contributed by atoms with Gasteiger partial charge in [0.05, 0.1) is 34.0 Å². The third-order valence-corrected chi connectivity index (χ3v) is 7.73. The molecule has 1 aliphatic carbocycles. The molecular weight excluding hydrogens is 606 g/mol. The Labute approximate surface area is 275 Å². The number of nitrogens with one attached hydrogen (secondary N) is 3. The first-order chi connectivity index (χ1) is 22.7. The van der Waals surface area contributed by atoms with Crippen molar-refractivity contribution in [1.29, 1.82) is 0 Å². The van der Waals surface area contributed by atoms with Crippen LogP contribution in [0.2, 0.25) is 0 Å². The van der Waals surface area contributed by atoms with E-state index in [-0.39, 0.29) is 25.7 Å². The monoisotopic (exact) mass is 651 g/mol. The van der Waals surface area contributed by atoms with Gasteiger partial charge in [0.1, 0.15) is 30.1 Å². The lowest BCUT2D eigenvalue weighted by Crippen LogP contribution is -2.55. The molecule has 47 heavy (non-hydrogen) atoms. The molecule has 1 fully saturated rings. The summed E-state index contributed by atoms with van der Waals surface area (Å²) < 4.78 is 21.2. The van der Waals surface area contributed by atoms with Crippen molar-refractivity contribution in [3.63, 3.8) is 0 Å². The highest BCUT2D eigenvalue weighted by Gasteiger charge is 2.32. The number of ketones is 1. The highest BCUT2D eigenvalue weighted by atomic mass is 16.5. The summed E-state index contributed by atoms with van der Waals surface area (Å²) in [5, 5.41) is 7.66. The van der Waals surface area contributed by atoms with Crippen molar-refractivity contribution in [2.24, 2.45) is 5.92 Å². The minimum atomic E-state index is -1.38. The molecule has 0 aromatic heterocycles. The van der Waals surface area contributed by atoms with Crippen LogP contribution in [-0.4, -0.2) is 75.5 Å². The fraction of sp³-hybridized carbons (Fsp3) is 0.457. The summed E-state index contributed by atoms with van der Waals surface area (Å²) >= 11 is 0. The summed E-state index contributed by atoms with van der Waals surface area (Å²) in [6.07, 6.45) is 8.20. The van der Waals surface area contributed by atoms with Crippen LogP contribution < -0.4 is 25.4 Å². The Morgan fingerprint density at radius 1 is 0.915 bits per heavy atom. The maximum Gasteiger partial charge on any atom is 0.325 e. The molecule has 1 saturated carbocycles. The zero-order chi connectivity index (χ0) is 34.0. The van der Waals surface area contributed by atoms with Gasteiger partial charge in [0, 0.05) is 11.6 Å². The Balaban J connectivity index is 1.77. The second kappa shape index (κ2) is 19.7. The molecule has 2 atom stereocenters. The van der Waals surface area contributed by atoms with Gasteiger partial charge >= 0.3 is 5.97 Å². The third kappa shape index (κ3) is 12.5. The van der Waals surface area contributed by atoms with Crippen LogP contribution in [0.4, 0.5) is 0 Å². The van der Waals surface area contributed by atoms with Crippen LogP contribution in [0.15, 0.2) is 54.6 Å². The van der Waals surface area contributed by atoms with E-state index in [0.717, 1.165) is 37.7 Å². The van der Waals surface area contributed by atoms with Crippen LogP contribution in [0.25, 0.3) is 6.08 Å². The van der Waals surface area contributed by atoms with E-state index < -0.39 is 48.1 Å². The van der Waals surface area contributed by atoms with Gasteiger partial charge in [-0.15, -0.1) is 0 Å². The van der Waals surface area contributed by atoms with E-state index in [2.05, 4.69) is 16.0 Å². The number of carbonyl (C=O) groups excluding carboxylic acids is 5. The minimum absolute atomic E-state index is 0.116. The number of benzene rings is 2. The maximum atomic E-state index is 13.7. The molecule has 0 spiro atoms. The van der Waals surface area contributed by atoms with Crippen LogP contribution in [0.3, 0.4) is 0 Å². The number of hydrogen-bond donors (Lipinski definition) is 3. The van der Waals surface area contributed by atoms with Gasteiger partial charge in [0.2, 0.25) is 17.6 Å². The molecule has 3 rings (SSSR count). The Morgan fingerprint density at radius 2 is 1.66 bits per heavy atom. The smallest absolute Gasteiger partial charge is 0.325 e. The van der Waals surface area contributed by atoms with E-state index in [4.69, 9.17) is 18.9 Å². The molecule has 3 N–H and O–H groups in total. The zero-order valence-corrected chi connectivity index (χ0v) is 27.3. The van der Waals surface area contributed by atoms with Crippen molar-refractivity contribution < 1.29 is 42.9 Å². The predicted molar refractivity (Wildman–Crippen MR) is 174 cm³/mol. The number of hydrogen-bond acceptors (Lipinski definition) is 9. The first-order valence-electron chi connectivity index (χ1n) is 15.8. The molecule has 2 aromatic rings. The number of amides is 3. The first-order valence-corrected chi connectivity index (χ1v) is 15.8. The highest BCUT2D eigenvalue weighted by molar-refractivity contribution is 6.38. The van der Waals surface area contributed by atoms with E-state index in [9.17, 15) is 24.0 Å². The number of methoxy groups -OCH3 is 2. The second-order valence-electron chi connectivity index (χ2n) is 11.2. The second-order valence-corrected chi connectivity index (χ2v) is 11.2. The fourth-order valence-electron chi connectivity index (χ4n) is 5.28. The molecule has 254 valence electrons. The van der Waals surface area contributed by atoms with E-state index in [1.165, 1.54) is 20.3 Å². The molecule has 0 heterocycles. The van der Waals surface area contributed by atoms with Gasteiger partial charge in [0.15, 0.2) is 0 Å². The van der Waals surface area contributed by atoms with Gasteiger partial charge in [-0.1, -0.05) is 62.4 Å². The first kappa shape index (κ1) is 36.8. The molecule has 12 heteroatoms. The van der Waals surface area contributed by atoms with Crippen molar-refractivity contribution >= 4 is 35.6 Å². The normalized spacial score (nSPS) is 14.4. The van der Waals surface area contributed by atoms with Crippen LogP contribution >= 0.6 is 0 Å². The van der Waals surface area contributed by atoms with Crippen molar-refractivity contribution in [1.82, 2.24) is 16.0 Å². The Kier molecular flexibility index (Phi) is 15.4. The zero-order valence-electron chi connectivity index (χ0n) is 27.3. The van der Waals surface area contributed by atoms with E-state index in [1.807, 2.05) is 30.3 Å². The van der Waals surface area contributed by atoms with Crippen molar-refractivity contribution in [3.8, 4) is 11.5 Å². The van der Waals surface area contributed by atoms with Gasteiger partial charge in [-0.2, -0.15) is 0 Å². The van der Waals surface area contributed by atoms with E-state index in [0.29, 0.717) is 23.5 Å². The summed E-state index contributed by atoms with van der Waals surface area (Å²) in [6, 6.07) is 12.0. The Hall–Kier alpha value is -4.71. The number of carbonyl (C=O) groups is 5. The largest absolute Gasteiger partial charge is 0.497 e. The highest BCUT2D eigenvalue weighted by Crippen LogP contribution is 2.28. The average molecular weight is 652 g/mol. The SMILES string of the molecule is CCOC(=O)CNC(=O)C(=O)C(COCc1ccccc1)NC(=O)[C@H](CC1CCCCC1)NC(=O)/C=C/c1cc(OC)ccc1OC.